The monoisotopic (exact) mass is 393 g/mol. The first-order valence-corrected chi connectivity index (χ1v) is 10.6. The molecule has 0 bridgehead atoms. The third-order valence-corrected chi connectivity index (χ3v) is 6.35. The molecule has 7 nitrogen and oxygen atoms in total. The quantitative estimate of drug-likeness (QED) is 0.695. The number of nitrogens with one attached hydrogen (secondary N) is 2. The van der Waals surface area contributed by atoms with Crippen molar-refractivity contribution in [2.24, 2.45) is 0 Å². The van der Waals surface area contributed by atoms with Gasteiger partial charge in [-0.1, -0.05) is 44.2 Å². The molecule has 2 aromatic heterocycles. The zero-order valence-corrected chi connectivity index (χ0v) is 17.1. The van der Waals surface area contributed by atoms with Gasteiger partial charge < -0.3 is 5.32 Å². The molecular formula is C17H23N5O2S2. The first-order valence-electron chi connectivity index (χ1n) is 8.27. The molecule has 9 heteroatoms. The maximum atomic E-state index is 12.0. The van der Waals surface area contributed by atoms with Crippen molar-refractivity contribution >= 4 is 31.5 Å². The molecule has 3 rings (SSSR count). The molecule has 0 aliphatic heterocycles. The minimum Gasteiger partial charge on any atom is -0.354 e. The van der Waals surface area contributed by atoms with Crippen LogP contribution in [0.25, 0.3) is 4.96 Å². The van der Waals surface area contributed by atoms with Crippen molar-refractivity contribution in [1.29, 1.82) is 0 Å². The number of aromatic nitrogens is 3. The van der Waals surface area contributed by atoms with Crippen molar-refractivity contribution < 1.29 is 8.42 Å². The van der Waals surface area contributed by atoms with Gasteiger partial charge in [-0.25, -0.2) is 22.6 Å². The van der Waals surface area contributed by atoms with Crippen LogP contribution in [0.5, 0.6) is 0 Å². The number of rotatable bonds is 5. The molecule has 2 N–H and O–H groups in total. The molecule has 0 saturated carbocycles. The number of hydrogen-bond acceptors (Lipinski definition) is 6. The zero-order valence-electron chi connectivity index (χ0n) is 15.4. The predicted molar refractivity (Wildman–Crippen MR) is 104 cm³/mol. The number of hydrogen-bond donors (Lipinski definition) is 2. The molecule has 1 atom stereocenters. The highest BCUT2D eigenvalue weighted by Gasteiger charge is 2.20. The van der Waals surface area contributed by atoms with E-state index in [1.807, 2.05) is 19.2 Å². The standard InChI is InChI=1S/C17H23N5O2S2/c1-11(12-7-6-8-13(9-12)26(23,24)18-5)19-15-21-22-10-14(17(2,3)4)20-16(22)25-15/h6-11,18H,1-5H3,(H,19,21). The van der Waals surface area contributed by atoms with Gasteiger partial charge in [0.05, 0.1) is 22.8 Å². The third-order valence-electron chi connectivity index (χ3n) is 4.09. The number of imidazole rings is 1. The van der Waals surface area contributed by atoms with Gasteiger partial charge in [-0.15, -0.1) is 5.10 Å². The van der Waals surface area contributed by atoms with Crippen LogP contribution < -0.4 is 10.0 Å². The number of sulfonamides is 1. The summed E-state index contributed by atoms with van der Waals surface area (Å²) in [7, 11) is -2.06. The highest BCUT2D eigenvalue weighted by atomic mass is 32.2. The highest BCUT2D eigenvalue weighted by Crippen LogP contribution is 2.28. The van der Waals surface area contributed by atoms with Crippen molar-refractivity contribution in [2.45, 2.75) is 44.0 Å². The van der Waals surface area contributed by atoms with E-state index in [1.54, 1.807) is 22.7 Å². The van der Waals surface area contributed by atoms with E-state index in [9.17, 15) is 8.42 Å². The van der Waals surface area contributed by atoms with Gasteiger partial charge in [0.15, 0.2) is 0 Å². The molecule has 0 fully saturated rings. The van der Waals surface area contributed by atoms with Crippen LogP contribution in [0.4, 0.5) is 5.13 Å². The Kier molecular flexibility index (Phi) is 4.80. The molecule has 2 heterocycles. The van der Waals surface area contributed by atoms with Crippen LogP contribution in [0.2, 0.25) is 0 Å². The van der Waals surface area contributed by atoms with Gasteiger partial charge in [0, 0.05) is 5.41 Å². The first-order chi connectivity index (χ1) is 12.1. The lowest BCUT2D eigenvalue weighted by Crippen LogP contribution is -2.19. The Balaban J connectivity index is 1.82. The highest BCUT2D eigenvalue weighted by molar-refractivity contribution is 7.89. The first kappa shape index (κ1) is 18.8. The van der Waals surface area contributed by atoms with Crippen LogP contribution in [-0.4, -0.2) is 30.1 Å². The number of anilines is 1. The molecular weight excluding hydrogens is 370 g/mol. The van der Waals surface area contributed by atoms with Crippen molar-refractivity contribution in [3.05, 3.63) is 41.7 Å². The van der Waals surface area contributed by atoms with Crippen LogP contribution in [0.3, 0.4) is 0 Å². The van der Waals surface area contributed by atoms with Crippen LogP contribution in [0.1, 0.15) is 45.0 Å². The van der Waals surface area contributed by atoms with E-state index < -0.39 is 10.0 Å². The fourth-order valence-corrected chi connectivity index (χ4v) is 4.11. The van der Waals surface area contributed by atoms with Crippen LogP contribution >= 0.6 is 11.3 Å². The third kappa shape index (κ3) is 3.74. The molecule has 0 radical (unpaired) electrons. The second kappa shape index (κ2) is 6.64. The van der Waals surface area contributed by atoms with Crippen LogP contribution in [0, 0.1) is 0 Å². The summed E-state index contributed by atoms with van der Waals surface area (Å²) >= 11 is 1.47. The van der Waals surface area contributed by atoms with Gasteiger partial charge in [0.1, 0.15) is 0 Å². The van der Waals surface area contributed by atoms with Gasteiger partial charge in [0.25, 0.3) is 0 Å². The Morgan fingerprint density at radius 3 is 2.62 bits per heavy atom. The Morgan fingerprint density at radius 2 is 2.00 bits per heavy atom. The summed E-state index contributed by atoms with van der Waals surface area (Å²) < 4.78 is 28.1. The van der Waals surface area contributed by atoms with E-state index in [1.165, 1.54) is 18.4 Å². The second-order valence-corrected chi connectivity index (χ2v) is 10.00. The Bertz CT molecular complexity index is 1000. The van der Waals surface area contributed by atoms with E-state index >= 15 is 0 Å². The molecule has 0 aliphatic rings. The summed E-state index contributed by atoms with van der Waals surface area (Å²) in [4.78, 5) is 5.71. The van der Waals surface area contributed by atoms with Crippen molar-refractivity contribution in [3.8, 4) is 0 Å². The van der Waals surface area contributed by atoms with Gasteiger partial charge in [-0.2, -0.15) is 0 Å². The van der Waals surface area contributed by atoms with E-state index in [4.69, 9.17) is 0 Å². The molecule has 0 saturated heterocycles. The topological polar surface area (TPSA) is 88.4 Å². The molecule has 0 spiro atoms. The zero-order chi connectivity index (χ0) is 19.1. The van der Waals surface area contributed by atoms with Gasteiger partial charge in [-0.3, -0.25) is 0 Å². The average Bonchev–Trinajstić information content (AvgIpc) is 3.13. The molecule has 1 aromatic carbocycles. The summed E-state index contributed by atoms with van der Waals surface area (Å²) in [5.41, 5.74) is 1.85. The lowest BCUT2D eigenvalue weighted by molar-refractivity contribution is 0.572. The van der Waals surface area contributed by atoms with Crippen molar-refractivity contribution in [2.75, 3.05) is 12.4 Å². The Labute approximate surface area is 157 Å². The van der Waals surface area contributed by atoms with Gasteiger partial charge >= 0.3 is 0 Å². The number of nitrogens with zero attached hydrogens (tertiary/aromatic N) is 3. The molecule has 26 heavy (non-hydrogen) atoms. The smallest absolute Gasteiger partial charge is 0.240 e. The molecule has 0 amide bonds. The Morgan fingerprint density at radius 1 is 1.27 bits per heavy atom. The molecule has 3 aromatic rings. The van der Waals surface area contributed by atoms with Gasteiger partial charge in [0.2, 0.25) is 20.1 Å². The SMILES string of the molecule is CNS(=O)(=O)c1cccc(C(C)Nc2nn3cc(C(C)(C)C)nc3s2)c1. The molecule has 1 unspecified atom stereocenters. The van der Waals surface area contributed by atoms with Crippen molar-refractivity contribution in [3.63, 3.8) is 0 Å². The lowest BCUT2D eigenvalue weighted by atomic mass is 9.93. The van der Waals surface area contributed by atoms with Crippen molar-refractivity contribution in [1.82, 2.24) is 19.3 Å². The lowest BCUT2D eigenvalue weighted by Gasteiger charge is -2.14. The number of fused-ring (bicyclic) bond motifs is 1. The van der Waals surface area contributed by atoms with E-state index in [-0.39, 0.29) is 16.4 Å². The second-order valence-electron chi connectivity index (χ2n) is 7.16. The molecule has 140 valence electrons. The largest absolute Gasteiger partial charge is 0.354 e. The van der Waals surface area contributed by atoms with Gasteiger partial charge in [-0.05, 0) is 31.7 Å². The summed E-state index contributed by atoms with van der Waals surface area (Å²) in [6.45, 7) is 8.32. The Hall–Kier alpha value is -1.97. The normalized spacial score (nSPS) is 13.9. The maximum absolute atomic E-state index is 12.0. The van der Waals surface area contributed by atoms with E-state index in [0.29, 0.717) is 0 Å². The average molecular weight is 394 g/mol. The minimum absolute atomic E-state index is 0.0203. The summed E-state index contributed by atoms with van der Waals surface area (Å²) in [6, 6.07) is 6.78. The summed E-state index contributed by atoms with van der Waals surface area (Å²) in [5, 5.41) is 8.59. The summed E-state index contributed by atoms with van der Waals surface area (Å²) in [5.74, 6) is 0. The fraction of sp³-hybridized carbons (Fsp3) is 0.412. The summed E-state index contributed by atoms with van der Waals surface area (Å²) in [6.07, 6.45) is 1.95. The predicted octanol–water partition coefficient (Wildman–Crippen LogP) is 3.17. The minimum atomic E-state index is -3.46. The number of benzene rings is 1. The van der Waals surface area contributed by atoms with Crippen LogP contribution in [0.15, 0.2) is 35.4 Å². The van der Waals surface area contributed by atoms with E-state index in [2.05, 4.69) is 40.9 Å². The molecule has 0 aliphatic carbocycles. The fourth-order valence-electron chi connectivity index (χ4n) is 2.46. The maximum Gasteiger partial charge on any atom is 0.240 e. The van der Waals surface area contributed by atoms with Crippen LogP contribution in [-0.2, 0) is 15.4 Å². The van der Waals surface area contributed by atoms with E-state index in [0.717, 1.165) is 21.3 Å².